The maximum Gasteiger partial charge on any atom is 0.307 e. The van der Waals surface area contributed by atoms with Gasteiger partial charge in [0.2, 0.25) is 0 Å². The maximum atomic E-state index is 12.5. The first-order chi connectivity index (χ1) is 12.3. The van der Waals surface area contributed by atoms with Crippen molar-refractivity contribution in [3.63, 3.8) is 0 Å². The van der Waals surface area contributed by atoms with E-state index in [1.54, 1.807) is 0 Å². The molecule has 1 aromatic carbocycles. The van der Waals surface area contributed by atoms with Crippen molar-refractivity contribution in [1.82, 2.24) is 10.3 Å². The normalized spacial score (nSPS) is 20.1. The van der Waals surface area contributed by atoms with Crippen LogP contribution in [0.1, 0.15) is 38.7 Å². The van der Waals surface area contributed by atoms with Gasteiger partial charge in [0.15, 0.2) is 6.10 Å². The van der Waals surface area contributed by atoms with Gasteiger partial charge in [0.1, 0.15) is 5.60 Å². The molecule has 2 heterocycles. The number of carbonyl (C=O) groups excluding carboxylic acids is 2. The highest BCUT2D eigenvalue weighted by molar-refractivity contribution is 6.03. The van der Waals surface area contributed by atoms with E-state index < -0.39 is 17.6 Å². The number of ether oxygens (including phenoxy) is 2. The van der Waals surface area contributed by atoms with Crippen LogP contribution in [0, 0.1) is 0 Å². The third kappa shape index (κ3) is 3.71. The second-order valence-corrected chi connectivity index (χ2v) is 7.24. The van der Waals surface area contributed by atoms with Gasteiger partial charge >= 0.3 is 5.97 Å². The Morgan fingerprint density at radius 2 is 2.08 bits per heavy atom. The average molecular weight is 357 g/mol. The summed E-state index contributed by atoms with van der Waals surface area (Å²) in [4.78, 5) is 31.9. The molecule has 0 spiro atoms. The van der Waals surface area contributed by atoms with Crippen LogP contribution in [0.2, 0.25) is 0 Å². The largest absolute Gasteiger partial charge is 0.460 e. The summed E-state index contributed by atoms with van der Waals surface area (Å²) in [6.45, 7) is 5.44. The van der Waals surface area contributed by atoms with Gasteiger partial charge in [-0.1, -0.05) is 18.2 Å². The molecule has 2 aromatic rings. The van der Waals surface area contributed by atoms with Crippen LogP contribution in [0.5, 0.6) is 0 Å². The first-order valence-electron chi connectivity index (χ1n) is 8.50. The lowest BCUT2D eigenvalue weighted by Crippen LogP contribution is -2.33. The summed E-state index contributed by atoms with van der Waals surface area (Å²) >= 11 is 0. The molecule has 2 N–H and O–H groups in total. The number of amidine groups is 1. The molecule has 0 aliphatic carbocycles. The number of fused-ring (bicyclic) bond motifs is 1. The zero-order valence-electron chi connectivity index (χ0n) is 15.3. The molecule has 1 fully saturated rings. The number of hydrogen-bond donors (Lipinski definition) is 2. The number of carbonyl (C=O) groups is 2. The fourth-order valence-corrected chi connectivity index (χ4v) is 3.10. The van der Waals surface area contributed by atoms with Crippen molar-refractivity contribution in [2.24, 2.45) is 4.99 Å². The maximum absolute atomic E-state index is 12.5. The molecule has 0 saturated carbocycles. The molecule has 0 bridgehead atoms. The lowest BCUT2D eigenvalue weighted by Gasteiger charge is -2.24. The van der Waals surface area contributed by atoms with Gasteiger partial charge in [0.05, 0.1) is 6.42 Å². The van der Waals surface area contributed by atoms with Crippen LogP contribution in [0.4, 0.5) is 0 Å². The summed E-state index contributed by atoms with van der Waals surface area (Å²) in [5.41, 5.74) is 1.17. The molecule has 0 radical (unpaired) electrons. The summed E-state index contributed by atoms with van der Waals surface area (Å²) in [6.07, 6.45) is 0.992. The number of amides is 1. The molecule has 7 heteroatoms. The van der Waals surface area contributed by atoms with Gasteiger partial charge in [-0.15, -0.1) is 0 Å². The molecule has 0 unspecified atom stereocenters. The lowest BCUT2D eigenvalue weighted by atomic mass is 9.89. The number of nitrogens with zero attached hydrogens (tertiary/aromatic N) is 1. The first-order valence-corrected chi connectivity index (χ1v) is 8.50. The van der Waals surface area contributed by atoms with E-state index in [9.17, 15) is 9.59 Å². The number of nitrogens with one attached hydrogen (secondary N) is 2. The van der Waals surface area contributed by atoms with Crippen molar-refractivity contribution in [2.45, 2.75) is 44.8 Å². The lowest BCUT2D eigenvalue weighted by molar-refractivity contribution is -0.155. The minimum absolute atomic E-state index is 0.0220. The quantitative estimate of drug-likeness (QED) is 0.822. The SMILES string of the molecule is CN=C1NC(=O)[C@H]([C@H](CC(=O)OC(C)(C)C)c2c[nH]c3ccccc23)O1. The van der Waals surface area contributed by atoms with Crippen LogP contribution in [-0.4, -0.2) is 41.6 Å². The Balaban J connectivity index is 1.97. The topological polar surface area (TPSA) is 92.8 Å². The second kappa shape index (κ2) is 6.82. The predicted octanol–water partition coefficient (Wildman–Crippen LogP) is 2.48. The van der Waals surface area contributed by atoms with Crippen LogP contribution >= 0.6 is 0 Å². The average Bonchev–Trinajstić information content (AvgIpc) is 3.14. The van der Waals surface area contributed by atoms with Gasteiger partial charge in [0, 0.05) is 30.1 Å². The molecule has 26 heavy (non-hydrogen) atoms. The summed E-state index contributed by atoms with van der Waals surface area (Å²) in [5, 5.41) is 3.54. The minimum Gasteiger partial charge on any atom is -0.460 e. The van der Waals surface area contributed by atoms with E-state index in [4.69, 9.17) is 9.47 Å². The number of hydrogen-bond acceptors (Lipinski definition) is 5. The molecule has 1 amide bonds. The van der Waals surface area contributed by atoms with Crippen molar-refractivity contribution in [3.8, 4) is 0 Å². The molecular weight excluding hydrogens is 334 g/mol. The highest BCUT2D eigenvalue weighted by Crippen LogP contribution is 2.34. The third-order valence-electron chi connectivity index (χ3n) is 4.12. The highest BCUT2D eigenvalue weighted by atomic mass is 16.6. The minimum atomic E-state index is -0.847. The van der Waals surface area contributed by atoms with E-state index in [0.29, 0.717) is 0 Å². The Morgan fingerprint density at radius 3 is 2.73 bits per heavy atom. The van der Waals surface area contributed by atoms with E-state index in [1.165, 1.54) is 7.05 Å². The molecule has 138 valence electrons. The number of aliphatic imine (C=N–C) groups is 1. The summed E-state index contributed by atoms with van der Waals surface area (Å²) < 4.78 is 11.1. The number of esters is 1. The molecule has 2 atom stereocenters. The predicted molar refractivity (Wildman–Crippen MR) is 97.9 cm³/mol. The van der Waals surface area contributed by atoms with Crippen molar-refractivity contribution in [1.29, 1.82) is 0 Å². The van der Waals surface area contributed by atoms with Crippen molar-refractivity contribution >= 4 is 28.8 Å². The zero-order valence-corrected chi connectivity index (χ0v) is 15.3. The van der Waals surface area contributed by atoms with Gasteiger partial charge < -0.3 is 14.5 Å². The Labute approximate surface area is 151 Å². The van der Waals surface area contributed by atoms with E-state index in [1.807, 2.05) is 51.2 Å². The Kier molecular flexibility index (Phi) is 4.71. The fourth-order valence-electron chi connectivity index (χ4n) is 3.10. The van der Waals surface area contributed by atoms with E-state index >= 15 is 0 Å². The molecule has 1 aliphatic heterocycles. The third-order valence-corrected chi connectivity index (χ3v) is 4.12. The number of rotatable bonds is 4. The standard InChI is InChI=1S/C19H23N3O4/c1-19(2,3)26-15(23)9-12(16-17(24)22-18(20-4)25-16)13-10-21-14-8-6-5-7-11(13)14/h5-8,10,12,16,21H,9H2,1-4H3,(H,20,22,24)/t12-,16+/m1/s1. The van der Waals surface area contributed by atoms with Gasteiger partial charge in [-0.2, -0.15) is 0 Å². The van der Waals surface area contributed by atoms with Crippen molar-refractivity contribution < 1.29 is 19.1 Å². The number of benzene rings is 1. The van der Waals surface area contributed by atoms with Gasteiger partial charge in [-0.05, 0) is 32.4 Å². The number of aromatic nitrogens is 1. The van der Waals surface area contributed by atoms with Crippen LogP contribution in [-0.2, 0) is 19.1 Å². The number of para-hydroxylation sites is 1. The fraction of sp³-hybridized carbons (Fsp3) is 0.421. The molecule has 1 aliphatic rings. The Morgan fingerprint density at radius 1 is 1.35 bits per heavy atom. The second-order valence-electron chi connectivity index (χ2n) is 7.24. The zero-order chi connectivity index (χ0) is 18.9. The monoisotopic (exact) mass is 357 g/mol. The molecule has 1 aromatic heterocycles. The van der Waals surface area contributed by atoms with Crippen LogP contribution in [0.15, 0.2) is 35.5 Å². The van der Waals surface area contributed by atoms with Crippen molar-refractivity contribution in [2.75, 3.05) is 7.05 Å². The molecule has 1 saturated heterocycles. The van der Waals surface area contributed by atoms with Crippen LogP contribution in [0.3, 0.4) is 0 Å². The number of H-pyrrole nitrogens is 1. The summed E-state index contributed by atoms with van der Waals surface area (Å²) in [6, 6.07) is 7.89. The number of aromatic amines is 1. The van der Waals surface area contributed by atoms with E-state index in [-0.39, 0.29) is 24.3 Å². The first kappa shape index (κ1) is 18.0. The summed E-state index contributed by atoms with van der Waals surface area (Å²) in [5.74, 6) is -1.20. The van der Waals surface area contributed by atoms with Gasteiger partial charge in [0.25, 0.3) is 11.9 Å². The van der Waals surface area contributed by atoms with Gasteiger partial charge in [-0.3, -0.25) is 14.9 Å². The summed E-state index contributed by atoms with van der Waals surface area (Å²) in [7, 11) is 1.53. The van der Waals surface area contributed by atoms with Crippen LogP contribution in [0.25, 0.3) is 10.9 Å². The van der Waals surface area contributed by atoms with Gasteiger partial charge in [-0.25, -0.2) is 4.99 Å². The smallest absolute Gasteiger partial charge is 0.307 e. The van der Waals surface area contributed by atoms with Crippen molar-refractivity contribution in [3.05, 3.63) is 36.0 Å². The van der Waals surface area contributed by atoms with E-state index in [0.717, 1.165) is 16.5 Å². The van der Waals surface area contributed by atoms with E-state index in [2.05, 4.69) is 15.3 Å². The highest BCUT2D eigenvalue weighted by Gasteiger charge is 2.41. The molecule has 3 rings (SSSR count). The Hall–Kier alpha value is -2.83. The Bertz CT molecular complexity index is 863. The molecular formula is C19H23N3O4. The molecule has 7 nitrogen and oxygen atoms in total. The van der Waals surface area contributed by atoms with Crippen LogP contribution < -0.4 is 5.32 Å².